The number of hydrogen-bond acceptors (Lipinski definition) is 2. The fourth-order valence-electron chi connectivity index (χ4n) is 0.129. The van der Waals surface area contributed by atoms with E-state index in [4.69, 9.17) is 5.73 Å². The highest BCUT2D eigenvalue weighted by molar-refractivity contribution is 7.71. The minimum atomic E-state index is -2.68. The lowest BCUT2D eigenvalue weighted by atomic mass is 10.8. The van der Waals surface area contributed by atoms with Crippen molar-refractivity contribution in [3.8, 4) is 0 Å². The largest absolute Gasteiger partial charge is 0.387 e. The molecule has 4 nitrogen and oxygen atoms in total. The van der Waals surface area contributed by atoms with Crippen LogP contribution in [-0.2, 0) is 10.9 Å². The van der Waals surface area contributed by atoms with Gasteiger partial charge in [0.25, 0.3) is 0 Å². The molecule has 42 valence electrons. The van der Waals surface area contributed by atoms with E-state index in [9.17, 15) is 8.42 Å². The second kappa shape index (κ2) is 2.57. The average molecular weight is 122 g/mol. The molecule has 0 aliphatic heterocycles. The molecule has 0 atom stereocenters. The molecule has 0 aliphatic rings. The first-order valence-corrected chi connectivity index (χ1v) is 2.71. The predicted octanol–water partition coefficient (Wildman–Crippen LogP) is -1.11. The molecule has 7 heavy (non-hydrogen) atoms. The van der Waals surface area contributed by atoms with Crippen molar-refractivity contribution in [3.05, 3.63) is 0 Å². The third kappa shape index (κ3) is 5.42. The normalized spacial score (nSPS) is 12.6. The van der Waals surface area contributed by atoms with Gasteiger partial charge < -0.3 is 5.73 Å². The summed E-state index contributed by atoms with van der Waals surface area (Å²) in [5.74, 6) is 0.0658. The van der Waals surface area contributed by atoms with E-state index in [2.05, 4.69) is 4.40 Å². The van der Waals surface area contributed by atoms with Crippen LogP contribution in [0.25, 0.3) is 0 Å². The third-order valence-corrected chi connectivity index (χ3v) is 0.718. The molecule has 0 heterocycles. The van der Waals surface area contributed by atoms with E-state index < -0.39 is 10.9 Å². The lowest BCUT2D eigenvalue weighted by Crippen LogP contribution is -2.04. The van der Waals surface area contributed by atoms with Gasteiger partial charge in [-0.25, -0.2) is 8.42 Å². The molecule has 0 saturated carbocycles. The smallest absolute Gasteiger partial charge is 0.244 e. The Kier molecular flexibility index (Phi) is 2.36. The molecule has 0 radical (unpaired) electrons. The molecule has 0 aliphatic carbocycles. The summed E-state index contributed by atoms with van der Waals surface area (Å²) in [4.78, 5) is 0. The minimum Gasteiger partial charge on any atom is -0.387 e. The Morgan fingerprint density at radius 3 is 2.14 bits per heavy atom. The fourth-order valence-corrected chi connectivity index (χ4v) is 0.386. The quantitative estimate of drug-likeness (QED) is 0.263. The highest BCUT2D eigenvalue weighted by Gasteiger charge is 1.74. The van der Waals surface area contributed by atoms with Crippen molar-refractivity contribution in [1.29, 1.82) is 0 Å². The fraction of sp³-hybridized carbons (Fsp3) is 0.500. The van der Waals surface area contributed by atoms with E-state index in [1.807, 2.05) is 0 Å². The van der Waals surface area contributed by atoms with Gasteiger partial charge in [0.15, 0.2) is 0 Å². The monoisotopic (exact) mass is 122 g/mol. The van der Waals surface area contributed by atoms with Crippen LogP contribution in [0.5, 0.6) is 0 Å². The van der Waals surface area contributed by atoms with Crippen molar-refractivity contribution in [3.63, 3.8) is 0 Å². The first kappa shape index (κ1) is 6.42. The zero-order chi connectivity index (χ0) is 5.86. The molecule has 0 aromatic carbocycles. The lowest BCUT2D eigenvalue weighted by Gasteiger charge is -1.76. The van der Waals surface area contributed by atoms with Crippen molar-refractivity contribution in [2.75, 3.05) is 0 Å². The highest BCUT2D eigenvalue weighted by Crippen LogP contribution is 1.64. The molecule has 0 amide bonds. The molecule has 0 spiro atoms. The number of rotatable bonds is 1. The molecule has 0 rings (SSSR count). The topological polar surface area (TPSA) is 72.5 Å². The Morgan fingerprint density at radius 2 is 2.14 bits per heavy atom. The summed E-state index contributed by atoms with van der Waals surface area (Å²) in [6.45, 7) is 1.41. The summed E-state index contributed by atoms with van der Waals surface area (Å²) in [6.07, 6.45) is 0. The highest BCUT2D eigenvalue weighted by atomic mass is 32.2. The summed E-state index contributed by atoms with van der Waals surface area (Å²) >= 11 is 0. The number of hydrogen-bond donors (Lipinski definition) is 2. The minimum absolute atomic E-state index is 0.0658. The SMILES string of the molecule is C/C(N)=N/[SH](=O)=O. The third-order valence-electron chi connectivity index (χ3n) is 0.239. The summed E-state index contributed by atoms with van der Waals surface area (Å²) < 4.78 is 22.1. The molecule has 0 aromatic rings. The standard InChI is InChI=1S/C2H6N2O2S/c1-2(3)4-7(5)6/h7H,1H3,(H2,3,4,5,6). The van der Waals surface area contributed by atoms with Crippen LogP contribution in [0.3, 0.4) is 0 Å². The zero-order valence-corrected chi connectivity index (χ0v) is 4.68. The predicted molar refractivity (Wildman–Crippen MR) is 27.6 cm³/mol. The average Bonchev–Trinajstić information content (AvgIpc) is 1.27. The van der Waals surface area contributed by atoms with Gasteiger partial charge in [-0.15, -0.1) is 0 Å². The van der Waals surface area contributed by atoms with Crippen LogP contribution >= 0.6 is 0 Å². The van der Waals surface area contributed by atoms with E-state index in [1.54, 1.807) is 0 Å². The van der Waals surface area contributed by atoms with Gasteiger partial charge in [-0.1, -0.05) is 0 Å². The Hall–Kier alpha value is -0.580. The van der Waals surface area contributed by atoms with Crippen LogP contribution in [0.2, 0.25) is 0 Å². The number of nitrogens with two attached hydrogens (primary N) is 1. The van der Waals surface area contributed by atoms with Crippen LogP contribution in [0, 0.1) is 0 Å². The van der Waals surface area contributed by atoms with Crippen molar-refractivity contribution in [2.24, 2.45) is 10.1 Å². The van der Waals surface area contributed by atoms with Gasteiger partial charge in [0, 0.05) is 0 Å². The molecule has 0 fully saturated rings. The van der Waals surface area contributed by atoms with Gasteiger partial charge in [0.2, 0.25) is 10.9 Å². The van der Waals surface area contributed by atoms with Crippen molar-refractivity contribution < 1.29 is 8.42 Å². The van der Waals surface area contributed by atoms with Gasteiger partial charge in [0.1, 0.15) is 5.84 Å². The first-order valence-electron chi connectivity index (χ1n) is 1.58. The Labute approximate surface area is 43.1 Å². The summed E-state index contributed by atoms with van der Waals surface area (Å²) in [5, 5.41) is 0. The number of nitrogens with zero attached hydrogens (tertiary/aromatic N) is 1. The Morgan fingerprint density at radius 1 is 1.71 bits per heavy atom. The van der Waals surface area contributed by atoms with Gasteiger partial charge in [-0.2, -0.15) is 4.40 Å². The Balaban J connectivity index is 3.94. The van der Waals surface area contributed by atoms with E-state index in [1.165, 1.54) is 6.92 Å². The maximum Gasteiger partial charge on any atom is 0.244 e. The van der Waals surface area contributed by atoms with Crippen LogP contribution in [-0.4, -0.2) is 14.3 Å². The molecule has 0 unspecified atom stereocenters. The van der Waals surface area contributed by atoms with E-state index in [0.717, 1.165) is 0 Å². The first-order chi connectivity index (χ1) is 3.13. The van der Waals surface area contributed by atoms with Gasteiger partial charge in [0.05, 0.1) is 0 Å². The molecule has 2 N–H and O–H groups in total. The van der Waals surface area contributed by atoms with E-state index in [-0.39, 0.29) is 5.84 Å². The molecule has 0 saturated heterocycles. The van der Waals surface area contributed by atoms with Crippen LogP contribution in [0.4, 0.5) is 0 Å². The summed E-state index contributed by atoms with van der Waals surface area (Å²) in [5.41, 5.74) is 4.86. The van der Waals surface area contributed by atoms with Crippen molar-refractivity contribution >= 4 is 16.7 Å². The zero-order valence-electron chi connectivity index (χ0n) is 3.79. The summed E-state index contributed by atoms with van der Waals surface area (Å²) in [7, 11) is -2.68. The summed E-state index contributed by atoms with van der Waals surface area (Å²) in [6, 6.07) is 0. The number of amidine groups is 1. The van der Waals surface area contributed by atoms with Crippen LogP contribution < -0.4 is 5.73 Å². The maximum absolute atomic E-state index is 9.58. The van der Waals surface area contributed by atoms with Crippen LogP contribution in [0.15, 0.2) is 4.40 Å². The van der Waals surface area contributed by atoms with Gasteiger partial charge in [-0.3, -0.25) is 0 Å². The van der Waals surface area contributed by atoms with Crippen molar-refractivity contribution in [2.45, 2.75) is 6.92 Å². The van der Waals surface area contributed by atoms with E-state index >= 15 is 0 Å². The molecule has 5 heteroatoms. The maximum atomic E-state index is 9.58. The molecular formula is C2H6N2O2S. The second-order valence-electron chi connectivity index (χ2n) is 0.979. The Bertz CT molecular complexity index is 136. The van der Waals surface area contributed by atoms with Gasteiger partial charge >= 0.3 is 0 Å². The molecular weight excluding hydrogens is 116 g/mol. The second-order valence-corrected chi connectivity index (χ2v) is 1.65. The lowest BCUT2D eigenvalue weighted by molar-refractivity contribution is 0.616. The molecule has 0 aromatic heterocycles. The van der Waals surface area contributed by atoms with Gasteiger partial charge in [-0.05, 0) is 6.92 Å². The van der Waals surface area contributed by atoms with Crippen LogP contribution in [0.1, 0.15) is 6.92 Å². The molecule has 0 bridgehead atoms. The number of thiol groups is 1. The van der Waals surface area contributed by atoms with Crippen molar-refractivity contribution in [1.82, 2.24) is 0 Å². The van der Waals surface area contributed by atoms with E-state index in [0.29, 0.717) is 0 Å².